The number of nitrogens with two attached hydrogens (primary N) is 1. The summed E-state index contributed by atoms with van der Waals surface area (Å²) in [5, 5.41) is 13.7. The van der Waals surface area contributed by atoms with Crippen LogP contribution in [-0.2, 0) is 21.2 Å². The molecule has 5 nitrogen and oxygen atoms in total. The molecule has 0 unspecified atom stereocenters. The van der Waals surface area contributed by atoms with Crippen LogP contribution in [0.5, 0.6) is 0 Å². The first-order valence-corrected chi connectivity index (χ1v) is 7.70. The summed E-state index contributed by atoms with van der Waals surface area (Å²) in [6.45, 7) is 0.776. The van der Waals surface area contributed by atoms with Gasteiger partial charge in [0.25, 0.3) is 0 Å². The van der Waals surface area contributed by atoms with Crippen LogP contribution in [0.2, 0.25) is 0 Å². The molecule has 1 aromatic rings. The van der Waals surface area contributed by atoms with Gasteiger partial charge < -0.3 is 4.74 Å². The van der Waals surface area contributed by atoms with E-state index < -0.39 is 15.3 Å². The van der Waals surface area contributed by atoms with Crippen molar-refractivity contribution in [3.05, 3.63) is 35.4 Å². The average molecular weight is 280 g/mol. The minimum atomic E-state index is -3.58. The molecule has 1 aromatic carbocycles. The van der Waals surface area contributed by atoms with Gasteiger partial charge in [-0.2, -0.15) is 5.26 Å². The molecule has 0 saturated carbocycles. The molecule has 1 saturated heterocycles. The van der Waals surface area contributed by atoms with Crippen molar-refractivity contribution in [2.24, 2.45) is 11.1 Å². The largest absolute Gasteiger partial charge is 0.381 e. The van der Waals surface area contributed by atoms with Gasteiger partial charge in [-0.1, -0.05) is 18.2 Å². The zero-order chi connectivity index (χ0) is 13.9. The van der Waals surface area contributed by atoms with Gasteiger partial charge >= 0.3 is 0 Å². The van der Waals surface area contributed by atoms with Crippen LogP contribution in [0, 0.1) is 17.2 Å². The topological polar surface area (TPSA) is 93.2 Å². The maximum Gasteiger partial charge on any atom is 0.212 e. The van der Waals surface area contributed by atoms with Crippen molar-refractivity contribution in [3.63, 3.8) is 0 Å². The van der Waals surface area contributed by atoms with Gasteiger partial charge in [-0.05, 0) is 24.5 Å². The molecule has 0 aliphatic carbocycles. The van der Waals surface area contributed by atoms with Crippen LogP contribution in [0.15, 0.2) is 24.3 Å². The Balaban J connectivity index is 2.23. The minimum absolute atomic E-state index is 0.196. The first kappa shape index (κ1) is 14.0. The first-order chi connectivity index (χ1) is 9.02. The van der Waals surface area contributed by atoms with Gasteiger partial charge in [0.05, 0.1) is 23.5 Å². The van der Waals surface area contributed by atoms with Crippen LogP contribution < -0.4 is 5.14 Å². The number of primary sulfonamides is 1. The van der Waals surface area contributed by atoms with Crippen LogP contribution in [-0.4, -0.2) is 26.9 Å². The average Bonchev–Trinajstić information content (AvgIpc) is 2.39. The second kappa shape index (κ2) is 5.70. The van der Waals surface area contributed by atoms with Crippen LogP contribution in [0.3, 0.4) is 0 Å². The van der Waals surface area contributed by atoms with Crippen molar-refractivity contribution in [1.82, 2.24) is 0 Å². The molecule has 1 fully saturated rings. The number of ether oxygens (including phenoxy) is 1. The molecule has 2 N–H and O–H groups in total. The van der Waals surface area contributed by atoms with E-state index in [4.69, 9.17) is 15.1 Å². The van der Waals surface area contributed by atoms with E-state index in [-0.39, 0.29) is 5.92 Å². The Morgan fingerprint density at radius 2 is 2.16 bits per heavy atom. The lowest BCUT2D eigenvalue weighted by molar-refractivity contribution is 0.0572. The molecule has 1 heterocycles. The van der Waals surface area contributed by atoms with E-state index in [2.05, 4.69) is 6.07 Å². The number of nitrogens with zero attached hydrogens (tertiary/aromatic N) is 1. The Morgan fingerprint density at radius 1 is 1.42 bits per heavy atom. The van der Waals surface area contributed by atoms with Crippen LogP contribution >= 0.6 is 0 Å². The minimum Gasteiger partial charge on any atom is -0.381 e. The number of benzene rings is 1. The summed E-state index contributed by atoms with van der Waals surface area (Å²) in [6.07, 6.45) is 0.906. The highest BCUT2D eigenvalue weighted by Gasteiger charge is 2.34. The fourth-order valence-corrected chi connectivity index (χ4v) is 3.63. The zero-order valence-corrected chi connectivity index (χ0v) is 11.3. The Labute approximate surface area is 113 Å². The van der Waals surface area contributed by atoms with Crippen molar-refractivity contribution in [2.75, 3.05) is 13.2 Å². The van der Waals surface area contributed by atoms with E-state index in [0.717, 1.165) is 5.56 Å². The Hall–Kier alpha value is -1.42. The highest BCUT2D eigenvalue weighted by atomic mass is 32.2. The third kappa shape index (κ3) is 3.32. The molecule has 0 spiro atoms. The van der Waals surface area contributed by atoms with Gasteiger partial charge in [-0.25, -0.2) is 13.6 Å². The lowest BCUT2D eigenvalue weighted by atomic mass is 9.91. The predicted molar refractivity (Wildman–Crippen MR) is 70.7 cm³/mol. The molecule has 2 rings (SSSR count). The maximum atomic E-state index is 11.6. The summed E-state index contributed by atoms with van der Waals surface area (Å²) in [5.74, 6) is -0.196. The molecule has 1 aliphatic heterocycles. The maximum absolute atomic E-state index is 11.6. The van der Waals surface area contributed by atoms with E-state index in [1.165, 1.54) is 0 Å². The fraction of sp³-hybridized carbons (Fsp3) is 0.462. The molecular formula is C13H16N2O3S. The molecule has 0 radical (unpaired) electrons. The Morgan fingerprint density at radius 3 is 2.84 bits per heavy atom. The van der Waals surface area contributed by atoms with Crippen LogP contribution in [0.4, 0.5) is 0 Å². The molecule has 6 heteroatoms. The van der Waals surface area contributed by atoms with Gasteiger partial charge in [-0.3, -0.25) is 0 Å². The van der Waals surface area contributed by atoms with E-state index in [9.17, 15) is 8.42 Å². The predicted octanol–water partition coefficient (Wildman–Crippen LogP) is 0.794. The van der Waals surface area contributed by atoms with E-state index in [1.807, 2.05) is 12.1 Å². The van der Waals surface area contributed by atoms with Crippen molar-refractivity contribution < 1.29 is 13.2 Å². The van der Waals surface area contributed by atoms with Gasteiger partial charge in [0.2, 0.25) is 10.0 Å². The molecule has 1 aliphatic rings. The molecule has 0 amide bonds. The first-order valence-electron chi connectivity index (χ1n) is 6.09. The van der Waals surface area contributed by atoms with Crippen LogP contribution in [0.1, 0.15) is 17.5 Å². The quantitative estimate of drug-likeness (QED) is 0.886. The van der Waals surface area contributed by atoms with Gasteiger partial charge in [0.15, 0.2) is 0 Å². The highest BCUT2D eigenvalue weighted by Crippen LogP contribution is 2.25. The van der Waals surface area contributed by atoms with Gasteiger partial charge in [0, 0.05) is 12.5 Å². The summed E-state index contributed by atoms with van der Waals surface area (Å²) < 4.78 is 28.5. The number of rotatable bonds is 3. The molecule has 0 bridgehead atoms. The summed E-state index contributed by atoms with van der Waals surface area (Å²) >= 11 is 0. The SMILES string of the molecule is N#Cc1ccccc1C[C@@H]1COCC[C@@H]1S(N)(=O)=O. The monoisotopic (exact) mass is 280 g/mol. The van der Waals surface area contributed by atoms with E-state index in [1.54, 1.807) is 12.1 Å². The Kier molecular flexibility index (Phi) is 4.20. The second-order valence-corrected chi connectivity index (χ2v) is 6.51. The second-order valence-electron chi connectivity index (χ2n) is 4.72. The fourth-order valence-electron chi connectivity index (χ4n) is 2.49. The standard InChI is InChI=1S/C13H16N2O3S/c14-8-11-4-2-1-3-10(11)7-12-9-18-6-5-13(12)19(15,16)17/h1-4,12-13H,5-7,9H2,(H2,15,16,17)/t12-,13+/m1/s1. The zero-order valence-electron chi connectivity index (χ0n) is 10.5. The lowest BCUT2D eigenvalue weighted by Gasteiger charge is -2.30. The summed E-state index contributed by atoms with van der Waals surface area (Å²) in [5.41, 5.74) is 1.41. The van der Waals surface area contributed by atoms with Gasteiger partial charge in [0.1, 0.15) is 0 Å². The molecule has 0 aromatic heterocycles. The third-order valence-electron chi connectivity index (χ3n) is 3.45. The molecular weight excluding hydrogens is 264 g/mol. The van der Waals surface area contributed by atoms with Crippen molar-refractivity contribution in [3.8, 4) is 6.07 Å². The van der Waals surface area contributed by atoms with E-state index in [0.29, 0.717) is 31.6 Å². The van der Waals surface area contributed by atoms with Crippen LogP contribution in [0.25, 0.3) is 0 Å². The Bertz CT molecular complexity index is 592. The normalized spacial score (nSPS) is 23.8. The van der Waals surface area contributed by atoms with Gasteiger partial charge in [-0.15, -0.1) is 0 Å². The number of hydrogen-bond donors (Lipinski definition) is 1. The number of sulfonamides is 1. The third-order valence-corrected chi connectivity index (χ3v) is 4.91. The highest BCUT2D eigenvalue weighted by molar-refractivity contribution is 7.89. The summed E-state index contributed by atoms with van der Waals surface area (Å²) in [6, 6.07) is 9.31. The molecule has 2 atom stereocenters. The molecule has 102 valence electrons. The summed E-state index contributed by atoms with van der Waals surface area (Å²) in [7, 11) is -3.58. The lowest BCUT2D eigenvalue weighted by Crippen LogP contribution is -2.42. The van der Waals surface area contributed by atoms with Crippen molar-refractivity contribution in [2.45, 2.75) is 18.1 Å². The van der Waals surface area contributed by atoms with E-state index >= 15 is 0 Å². The van der Waals surface area contributed by atoms with Crippen molar-refractivity contribution >= 4 is 10.0 Å². The number of nitriles is 1. The summed E-state index contributed by atoms with van der Waals surface area (Å²) in [4.78, 5) is 0. The molecule has 19 heavy (non-hydrogen) atoms. The van der Waals surface area contributed by atoms with Crippen molar-refractivity contribution in [1.29, 1.82) is 5.26 Å². The smallest absolute Gasteiger partial charge is 0.212 e. The number of hydrogen-bond acceptors (Lipinski definition) is 4.